The third-order valence-electron chi connectivity index (χ3n) is 2.81. The maximum atomic E-state index is 11.8. The Balaban J connectivity index is 2.36. The van der Waals surface area contributed by atoms with Crippen molar-refractivity contribution < 1.29 is 14.3 Å². The van der Waals surface area contributed by atoms with E-state index in [4.69, 9.17) is 4.74 Å². The van der Waals surface area contributed by atoms with Crippen molar-refractivity contribution in [3.8, 4) is 0 Å². The predicted molar refractivity (Wildman–Crippen MR) is 81.5 cm³/mol. The van der Waals surface area contributed by atoms with Crippen LogP contribution < -0.4 is 5.32 Å². The van der Waals surface area contributed by atoms with Gasteiger partial charge >= 0.3 is 6.09 Å². The van der Waals surface area contributed by atoms with Gasteiger partial charge in [0.2, 0.25) is 0 Å². The van der Waals surface area contributed by atoms with Crippen LogP contribution in [-0.4, -0.2) is 36.4 Å². The van der Waals surface area contributed by atoms with Crippen LogP contribution >= 0.6 is 0 Å². The number of aldehydes is 1. The normalized spacial score (nSPS) is 11.2. The summed E-state index contributed by atoms with van der Waals surface area (Å²) in [5.74, 6) is 0. The van der Waals surface area contributed by atoms with Crippen molar-refractivity contribution >= 4 is 12.4 Å². The van der Waals surface area contributed by atoms with Crippen molar-refractivity contribution in [3.05, 3.63) is 42.4 Å². The fourth-order valence-corrected chi connectivity index (χ4v) is 1.99. The smallest absolute Gasteiger partial charge is 0.407 e. The molecule has 0 aliphatic rings. The van der Waals surface area contributed by atoms with Gasteiger partial charge in [0.1, 0.15) is 12.9 Å². The lowest BCUT2D eigenvalue weighted by Crippen LogP contribution is -2.50. The van der Waals surface area contributed by atoms with Crippen LogP contribution in [0.2, 0.25) is 0 Å². The van der Waals surface area contributed by atoms with Gasteiger partial charge in [-0.15, -0.1) is 0 Å². The number of carbonyl (C=O) groups is 2. The molecule has 0 spiro atoms. The Kier molecular flexibility index (Phi) is 6.88. The Hall–Kier alpha value is -1.88. The molecule has 0 aliphatic heterocycles. The van der Waals surface area contributed by atoms with Gasteiger partial charge in [-0.1, -0.05) is 30.3 Å². The highest BCUT2D eigenvalue weighted by atomic mass is 16.5. The number of hydrogen-bond donors (Lipinski definition) is 1. The van der Waals surface area contributed by atoms with Crippen molar-refractivity contribution in [2.45, 2.75) is 32.4 Å². The summed E-state index contributed by atoms with van der Waals surface area (Å²) >= 11 is 0. The van der Waals surface area contributed by atoms with Crippen molar-refractivity contribution in [2.75, 3.05) is 13.6 Å². The van der Waals surface area contributed by atoms with Crippen LogP contribution in [0.15, 0.2) is 30.3 Å². The van der Waals surface area contributed by atoms with Gasteiger partial charge < -0.3 is 14.8 Å². The Labute approximate surface area is 126 Å². The van der Waals surface area contributed by atoms with Crippen LogP contribution in [0, 0.1) is 6.54 Å². The number of rotatable bonds is 8. The molecule has 115 valence electrons. The third-order valence-corrected chi connectivity index (χ3v) is 2.81. The van der Waals surface area contributed by atoms with E-state index in [0.717, 1.165) is 11.8 Å². The molecule has 1 aromatic carbocycles. The topological polar surface area (TPSA) is 58.6 Å². The Morgan fingerprint density at radius 2 is 2.00 bits per heavy atom. The van der Waals surface area contributed by atoms with Gasteiger partial charge in [0.25, 0.3) is 0 Å². The molecule has 1 aromatic rings. The highest BCUT2D eigenvalue weighted by Crippen LogP contribution is 2.08. The monoisotopic (exact) mass is 291 g/mol. The molecule has 0 atom stereocenters. The number of amides is 1. The number of carbonyl (C=O) groups excluding carboxylic acids is 2. The first-order valence-corrected chi connectivity index (χ1v) is 6.89. The molecule has 0 bridgehead atoms. The second-order valence-corrected chi connectivity index (χ2v) is 5.57. The summed E-state index contributed by atoms with van der Waals surface area (Å²) in [6.45, 7) is 6.42. The standard InChI is InChI=1S/C16H23N2O3/c1-16(2,13-18(3)10-7-11-19)17-15(20)21-12-14-8-5-4-6-9-14/h4-6,8-11H,7,12-13H2,1-3H3,(H,17,20). The molecule has 0 fully saturated rings. The van der Waals surface area contributed by atoms with Gasteiger partial charge in [-0.3, -0.25) is 4.90 Å². The third kappa shape index (κ3) is 7.46. The molecule has 21 heavy (non-hydrogen) atoms. The van der Waals surface area contributed by atoms with Crippen LogP contribution in [0.25, 0.3) is 0 Å². The van der Waals surface area contributed by atoms with E-state index in [1.54, 1.807) is 6.54 Å². The van der Waals surface area contributed by atoms with E-state index in [1.165, 1.54) is 0 Å². The number of nitrogens with zero attached hydrogens (tertiary/aromatic N) is 1. The first-order valence-electron chi connectivity index (χ1n) is 6.89. The number of alkyl carbamates (subject to hydrolysis) is 1. The Morgan fingerprint density at radius 3 is 2.62 bits per heavy atom. The average Bonchev–Trinajstić information content (AvgIpc) is 2.43. The van der Waals surface area contributed by atoms with Crippen LogP contribution in [0.4, 0.5) is 4.79 Å². The van der Waals surface area contributed by atoms with E-state index in [2.05, 4.69) is 5.32 Å². The quantitative estimate of drug-likeness (QED) is 0.747. The predicted octanol–water partition coefficient (Wildman–Crippen LogP) is 2.37. The molecule has 5 heteroatoms. The molecule has 1 amide bonds. The zero-order chi connectivity index (χ0) is 15.7. The number of benzene rings is 1. The van der Waals surface area contributed by atoms with Gasteiger partial charge in [0.05, 0.1) is 5.54 Å². The van der Waals surface area contributed by atoms with Crippen molar-refractivity contribution in [3.63, 3.8) is 0 Å². The molecule has 1 N–H and O–H groups in total. The Bertz CT molecular complexity index is 446. The van der Waals surface area contributed by atoms with Crippen molar-refractivity contribution in [2.24, 2.45) is 0 Å². The first kappa shape index (κ1) is 17.2. The molecular weight excluding hydrogens is 268 g/mol. The van der Waals surface area contributed by atoms with E-state index in [1.807, 2.05) is 56.1 Å². The Morgan fingerprint density at radius 1 is 1.33 bits per heavy atom. The first-order chi connectivity index (χ1) is 9.93. The summed E-state index contributed by atoms with van der Waals surface area (Å²) in [5.41, 5.74) is 0.490. The fourth-order valence-electron chi connectivity index (χ4n) is 1.99. The molecule has 1 radical (unpaired) electrons. The zero-order valence-electron chi connectivity index (χ0n) is 12.8. The summed E-state index contributed by atoms with van der Waals surface area (Å²) in [7, 11) is 1.86. The zero-order valence-corrected chi connectivity index (χ0v) is 12.8. The highest BCUT2D eigenvalue weighted by molar-refractivity contribution is 5.68. The van der Waals surface area contributed by atoms with E-state index in [9.17, 15) is 9.59 Å². The molecule has 0 saturated heterocycles. The van der Waals surface area contributed by atoms with Gasteiger partial charge in [-0.25, -0.2) is 4.79 Å². The maximum Gasteiger partial charge on any atom is 0.407 e. The molecule has 1 rings (SSSR count). The molecule has 0 aromatic heterocycles. The number of hydrogen-bond acceptors (Lipinski definition) is 4. The lowest BCUT2D eigenvalue weighted by molar-refractivity contribution is -0.107. The van der Waals surface area contributed by atoms with Gasteiger partial charge in [-0.05, 0) is 26.5 Å². The van der Waals surface area contributed by atoms with Crippen LogP contribution in [0.1, 0.15) is 25.8 Å². The molecule has 0 heterocycles. The van der Waals surface area contributed by atoms with Gasteiger partial charge in [0, 0.05) is 19.5 Å². The fraction of sp³-hybridized carbons (Fsp3) is 0.438. The molecular formula is C16H23N2O3. The van der Waals surface area contributed by atoms with E-state index in [0.29, 0.717) is 13.0 Å². The molecule has 5 nitrogen and oxygen atoms in total. The van der Waals surface area contributed by atoms with Gasteiger partial charge in [0.15, 0.2) is 0 Å². The SMILES string of the molecule is CN([CH]CC=O)CC(C)(C)NC(=O)OCc1ccccc1. The minimum absolute atomic E-state index is 0.246. The van der Waals surface area contributed by atoms with Crippen LogP contribution in [-0.2, 0) is 16.1 Å². The minimum atomic E-state index is -0.456. The second kappa shape index (κ2) is 8.42. The van der Waals surface area contributed by atoms with E-state index < -0.39 is 11.6 Å². The largest absolute Gasteiger partial charge is 0.445 e. The van der Waals surface area contributed by atoms with E-state index >= 15 is 0 Å². The van der Waals surface area contributed by atoms with E-state index in [-0.39, 0.29) is 6.61 Å². The number of likely N-dealkylation sites (N-methyl/N-ethyl adjacent to an activating group) is 1. The summed E-state index contributed by atoms with van der Waals surface area (Å²) in [5, 5.41) is 2.82. The molecule has 0 saturated carbocycles. The number of nitrogens with one attached hydrogen (secondary N) is 1. The summed E-state index contributed by atoms with van der Waals surface area (Å²) in [6.07, 6.45) is 0.753. The van der Waals surface area contributed by atoms with Crippen LogP contribution in [0.5, 0.6) is 0 Å². The van der Waals surface area contributed by atoms with Crippen molar-refractivity contribution in [1.29, 1.82) is 0 Å². The lowest BCUT2D eigenvalue weighted by atomic mass is 10.1. The van der Waals surface area contributed by atoms with Crippen LogP contribution in [0.3, 0.4) is 0 Å². The summed E-state index contributed by atoms with van der Waals surface area (Å²) in [4.78, 5) is 24.0. The average molecular weight is 291 g/mol. The maximum absolute atomic E-state index is 11.8. The van der Waals surface area contributed by atoms with Crippen molar-refractivity contribution in [1.82, 2.24) is 10.2 Å². The minimum Gasteiger partial charge on any atom is -0.445 e. The molecule has 0 unspecified atom stereocenters. The van der Waals surface area contributed by atoms with Gasteiger partial charge in [-0.2, -0.15) is 0 Å². The highest BCUT2D eigenvalue weighted by Gasteiger charge is 2.23. The lowest BCUT2D eigenvalue weighted by Gasteiger charge is -2.30. The summed E-state index contributed by atoms with van der Waals surface area (Å²) < 4.78 is 5.19. The molecule has 0 aliphatic carbocycles. The second-order valence-electron chi connectivity index (χ2n) is 5.57. The summed E-state index contributed by atoms with van der Waals surface area (Å²) in [6, 6.07) is 9.52. The number of ether oxygens (including phenoxy) is 1.